The number of aromatic nitrogens is 3. The van der Waals surface area contributed by atoms with E-state index in [1.165, 1.54) is 0 Å². The summed E-state index contributed by atoms with van der Waals surface area (Å²) in [7, 11) is 1.78. The second-order valence-electron chi connectivity index (χ2n) is 6.52. The summed E-state index contributed by atoms with van der Waals surface area (Å²) in [6.45, 7) is 2.39. The zero-order valence-electron chi connectivity index (χ0n) is 15.0. The molecule has 1 atom stereocenters. The minimum absolute atomic E-state index is 0.233. The van der Waals surface area contributed by atoms with Gasteiger partial charge in [0.2, 0.25) is 5.91 Å². The number of carbonyl (C=O) groups is 1. The standard InChI is InChI=1S/C18H25N7O/c1-20-18(24-7-2-3-15(12-24)9-16(19)26)23-11-14-4-5-22-17(10-14)25-8-6-21-13-25/h4-6,8,10,13,15H,2-3,7,9,11-12H2,1H3,(H2,19,26)(H,20,23). The fourth-order valence-corrected chi connectivity index (χ4v) is 3.33. The average molecular weight is 355 g/mol. The Morgan fingerprint density at radius 3 is 3.08 bits per heavy atom. The van der Waals surface area contributed by atoms with Gasteiger partial charge in [0.05, 0.1) is 0 Å². The van der Waals surface area contributed by atoms with Crippen LogP contribution in [0.1, 0.15) is 24.8 Å². The van der Waals surface area contributed by atoms with Crippen LogP contribution in [-0.2, 0) is 11.3 Å². The van der Waals surface area contributed by atoms with Gasteiger partial charge >= 0.3 is 0 Å². The van der Waals surface area contributed by atoms with Crippen molar-refractivity contribution in [3.63, 3.8) is 0 Å². The third-order valence-corrected chi connectivity index (χ3v) is 4.55. The van der Waals surface area contributed by atoms with Crippen LogP contribution in [0.3, 0.4) is 0 Å². The molecule has 2 aromatic rings. The molecule has 8 nitrogen and oxygen atoms in total. The van der Waals surface area contributed by atoms with Gasteiger partial charge in [-0.25, -0.2) is 9.97 Å². The van der Waals surface area contributed by atoms with Gasteiger partial charge in [-0.05, 0) is 36.5 Å². The van der Waals surface area contributed by atoms with Crippen LogP contribution in [-0.4, -0.2) is 51.4 Å². The lowest BCUT2D eigenvalue weighted by Crippen LogP contribution is -2.46. The first-order valence-corrected chi connectivity index (χ1v) is 8.83. The highest BCUT2D eigenvalue weighted by Crippen LogP contribution is 2.19. The second kappa shape index (κ2) is 8.46. The number of imidazole rings is 1. The number of primary amides is 1. The molecule has 2 aromatic heterocycles. The Morgan fingerprint density at radius 2 is 2.35 bits per heavy atom. The molecule has 1 unspecified atom stereocenters. The molecule has 1 aliphatic rings. The maximum atomic E-state index is 11.2. The molecule has 1 aliphatic heterocycles. The monoisotopic (exact) mass is 355 g/mol. The predicted octanol–water partition coefficient (Wildman–Crippen LogP) is 0.930. The lowest BCUT2D eigenvalue weighted by atomic mass is 9.95. The van der Waals surface area contributed by atoms with E-state index in [2.05, 4.69) is 25.2 Å². The van der Waals surface area contributed by atoms with Gasteiger partial charge in [-0.2, -0.15) is 0 Å². The molecule has 0 saturated carbocycles. The quantitative estimate of drug-likeness (QED) is 0.614. The highest BCUT2D eigenvalue weighted by atomic mass is 16.1. The van der Waals surface area contributed by atoms with E-state index in [4.69, 9.17) is 5.73 Å². The zero-order valence-corrected chi connectivity index (χ0v) is 15.0. The van der Waals surface area contributed by atoms with Gasteiger partial charge in [0.25, 0.3) is 0 Å². The Labute approximate surface area is 153 Å². The average Bonchev–Trinajstić information content (AvgIpc) is 3.17. The van der Waals surface area contributed by atoms with Crippen molar-refractivity contribution in [1.82, 2.24) is 24.8 Å². The molecule has 1 amide bonds. The number of nitrogens with zero attached hydrogens (tertiary/aromatic N) is 5. The zero-order chi connectivity index (χ0) is 18.4. The van der Waals surface area contributed by atoms with Crippen LogP contribution in [0.4, 0.5) is 0 Å². The summed E-state index contributed by atoms with van der Waals surface area (Å²) in [6.07, 6.45) is 9.63. The van der Waals surface area contributed by atoms with Crippen LogP contribution in [0.5, 0.6) is 0 Å². The van der Waals surface area contributed by atoms with Crippen LogP contribution < -0.4 is 11.1 Å². The smallest absolute Gasteiger partial charge is 0.217 e. The number of hydrogen-bond donors (Lipinski definition) is 2. The van der Waals surface area contributed by atoms with Crippen molar-refractivity contribution in [2.24, 2.45) is 16.6 Å². The van der Waals surface area contributed by atoms with E-state index in [0.29, 0.717) is 18.9 Å². The number of aliphatic imine (C=N–C) groups is 1. The molecular weight excluding hydrogens is 330 g/mol. The van der Waals surface area contributed by atoms with E-state index in [-0.39, 0.29) is 5.91 Å². The Hall–Kier alpha value is -2.90. The lowest BCUT2D eigenvalue weighted by molar-refractivity contribution is -0.119. The maximum Gasteiger partial charge on any atom is 0.217 e. The topological polar surface area (TPSA) is 101 Å². The van der Waals surface area contributed by atoms with E-state index in [1.807, 2.05) is 22.9 Å². The van der Waals surface area contributed by atoms with Crippen molar-refractivity contribution in [3.8, 4) is 5.82 Å². The van der Waals surface area contributed by atoms with E-state index in [9.17, 15) is 4.79 Å². The van der Waals surface area contributed by atoms with Gasteiger partial charge in [-0.15, -0.1) is 0 Å². The molecule has 3 heterocycles. The van der Waals surface area contributed by atoms with Crippen molar-refractivity contribution < 1.29 is 4.79 Å². The highest BCUT2D eigenvalue weighted by molar-refractivity contribution is 5.80. The fraction of sp³-hybridized carbons (Fsp3) is 0.444. The number of amides is 1. The number of pyridine rings is 1. The van der Waals surface area contributed by atoms with Crippen LogP contribution in [0, 0.1) is 5.92 Å². The SMILES string of the molecule is CN=C(NCc1ccnc(-n2ccnc2)c1)N1CCCC(CC(N)=O)C1. The molecule has 3 N–H and O–H groups in total. The van der Waals surface area contributed by atoms with Crippen molar-refractivity contribution in [2.45, 2.75) is 25.8 Å². The molecule has 8 heteroatoms. The van der Waals surface area contributed by atoms with E-state index in [0.717, 1.165) is 43.3 Å². The summed E-state index contributed by atoms with van der Waals surface area (Å²) in [5.41, 5.74) is 6.46. The number of nitrogens with two attached hydrogens (primary N) is 1. The number of rotatable bonds is 5. The van der Waals surface area contributed by atoms with Crippen molar-refractivity contribution in [1.29, 1.82) is 0 Å². The number of likely N-dealkylation sites (tertiary alicyclic amines) is 1. The molecule has 0 aromatic carbocycles. The molecule has 138 valence electrons. The maximum absolute atomic E-state index is 11.2. The number of hydrogen-bond acceptors (Lipinski definition) is 4. The predicted molar refractivity (Wildman–Crippen MR) is 99.7 cm³/mol. The van der Waals surface area contributed by atoms with Gasteiger partial charge in [-0.1, -0.05) is 0 Å². The Bertz CT molecular complexity index is 757. The van der Waals surface area contributed by atoms with Crippen LogP contribution >= 0.6 is 0 Å². The Balaban J connectivity index is 1.61. The lowest BCUT2D eigenvalue weighted by Gasteiger charge is -2.34. The van der Waals surface area contributed by atoms with E-state index in [1.54, 1.807) is 25.8 Å². The van der Waals surface area contributed by atoms with Gasteiger partial charge < -0.3 is 16.0 Å². The van der Waals surface area contributed by atoms with Gasteiger partial charge in [0.15, 0.2) is 5.96 Å². The van der Waals surface area contributed by atoms with Gasteiger partial charge in [-0.3, -0.25) is 14.4 Å². The van der Waals surface area contributed by atoms with Crippen LogP contribution in [0.2, 0.25) is 0 Å². The Kier molecular flexibility index (Phi) is 5.83. The largest absolute Gasteiger partial charge is 0.370 e. The number of carbonyl (C=O) groups excluding carboxylic acids is 1. The summed E-state index contributed by atoms with van der Waals surface area (Å²) >= 11 is 0. The van der Waals surface area contributed by atoms with Crippen molar-refractivity contribution in [2.75, 3.05) is 20.1 Å². The first-order valence-electron chi connectivity index (χ1n) is 8.83. The second-order valence-corrected chi connectivity index (χ2v) is 6.52. The molecule has 0 spiro atoms. The number of nitrogens with one attached hydrogen (secondary N) is 1. The van der Waals surface area contributed by atoms with Crippen molar-refractivity contribution in [3.05, 3.63) is 42.6 Å². The van der Waals surface area contributed by atoms with Crippen LogP contribution in [0.25, 0.3) is 5.82 Å². The first-order chi connectivity index (χ1) is 12.7. The molecular formula is C18H25N7O. The molecule has 0 aliphatic carbocycles. The molecule has 1 saturated heterocycles. The molecule has 26 heavy (non-hydrogen) atoms. The van der Waals surface area contributed by atoms with E-state index < -0.39 is 0 Å². The van der Waals surface area contributed by atoms with Gasteiger partial charge in [0, 0.05) is 51.7 Å². The van der Waals surface area contributed by atoms with Crippen molar-refractivity contribution >= 4 is 11.9 Å². The summed E-state index contributed by atoms with van der Waals surface area (Å²) in [5, 5.41) is 3.41. The summed E-state index contributed by atoms with van der Waals surface area (Å²) in [5.74, 6) is 1.74. The molecule has 0 radical (unpaired) electrons. The minimum atomic E-state index is -0.233. The van der Waals surface area contributed by atoms with E-state index >= 15 is 0 Å². The first kappa shape index (κ1) is 17.9. The van der Waals surface area contributed by atoms with Gasteiger partial charge in [0.1, 0.15) is 12.1 Å². The van der Waals surface area contributed by atoms with Crippen LogP contribution in [0.15, 0.2) is 42.0 Å². The summed E-state index contributed by atoms with van der Waals surface area (Å²) < 4.78 is 1.87. The summed E-state index contributed by atoms with van der Waals surface area (Å²) in [4.78, 5) is 26.2. The third-order valence-electron chi connectivity index (χ3n) is 4.55. The molecule has 1 fully saturated rings. The molecule has 3 rings (SSSR count). The fourth-order valence-electron chi connectivity index (χ4n) is 3.33. The Morgan fingerprint density at radius 1 is 1.46 bits per heavy atom. The highest BCUT2D eigenvalue weighted by Gasteiger charge is 2.23. The third kappa shape index (κ3) is 4.59. The number of guanidine groups is 1. The summed E-state index contributed by atoms with van der Waals surface area (Å²) in [6, 6.07) is 4.00. The molecule has 0 bridgehead atoms. The normalized spacial score (nSPS) is 18.0. The minimum Gasteiger partial charge on any atom is -0.370 e. The number of piperidine rings is 1.